The maximum Gasteiger partial charge on any atom is 0.0805 e. The lowest BCUT2D eigenvalue weighted by Crippen LogP contribution is -2.25. The van der Waals surface area contributed by atoms with Crippen LogP contribution in [-0.4, -0.2) is 23.9 Å². The molecule has 0 radical (unpaired) electrons. The number of aliphatic hydroxyl groups is 1. The summed E-state index contributed by atoms with van der Waals surface area (Å²) >= 11 is 0. The van der Waals surface area contributed by atoms with E-state index < -0.39 is 0 Å². The average molecular weight is 160 g/mol. The van der Waals surface area contributed by atoms with Crippen LogP contribution in [0.25, 0.3) is 0 Å². The van der Waals surface area contributed by atoms with Crippen molar-refractivity contribution in [2.75, 3.05) is 6.61 Å². The molecule has 0 aromatic heterocycles. The van der Waals surface area contributed by atoms with E-state index in [0.717, 1.165) is 25.9 Å². The summed E-state index contributed by atoms with van der Waals surface area (Å²) in [6.07, 6.45) is 2.58. The second-order valence-corrected chi connectivity index (χ2v) is 2.93. The Balaban J connectivity index is 3.38. The number of hydrogen-bond donors (Lipinski definition) is 1. The molecule has 0 aromatic rings. The van der Waals surface area contributed by atoms with Crippen molar-refractivity contribution < 1.29 is 9.84 Å². The second-order valence-electron chi connectivity index (χ2n) is 2.93. The maximum absolute atomic E-state index is 9.42. The maximum atomic E-state index is 9.42. The van der Waals surface area contributed by atoms with E-state index >= 15 is 0 Å². The van der Waals surface area contributed by atoms with Crippen LogP contribution in [0.2, 0.25) is 0 Å². The van der Waals surface area contributed by atoms with E-state index in [-0.39, 0.29) is 12.2 Å². The summed E-state index contributed by atoms with van der Waals surface area (Å²) in [7, 11) is 0. The molecule has 68 valence electrons. The summed E-state index contributed by atoms with van der Waals surface area (Å²) in [5.41, 5.74) is 0. The molecule has 0 fully saturated rings. The van der Waals surface area contributed by atoms with E-state index in [0.29, 0.717) is 0 Å². The minimum Gasteiger partial charge on any atom is -0.390 e. The summed E-state index contributed by atoms with van der Waals surface area (Å²) in [5.74, 6) is 0. The molecule has 2 nitrogen and oxygen atoms in total. The van der Waals surface area contributed by atoms with Gasteiger partial charge in [-0.3, -0.25) is 0 Å². The number of rotatable bonds is 6. The van der Waals surface area contributed by atoms with Gasteiger partial charge in [0.2, 0.25) is 0 Å². The quantitative estimate of drug-likeness (QED) is 0.643. The molecule has 0 spiro atoms. The zero-order valence-corrected chi connectivity index (χ0v) is 7.84. The fourth-order valence-corrected chi connectivity index (χ4v) is 0.945. The van der Waals surface area contributed by atoms with Crippen LogP contribution < -0.4 is 0 Å². The molecule has 0 saturated heterocycles. The Morgan fingerprint density at radius 1 is 1.27 bits per heavy atom. The minimum absolute atomic E-state index is 0.00472. The van der Waals surface area contributed by atoms with Gasteiger partial charge in [0.25, 0.3) is 0 Å². The smallest absolute Gasteiger partial charge is 0.0805 e. The van der Waals surface area contributed by atoms with E-state index in [1.54, 1.807) is 0 Å². The Morgan fingerprint density at radius 3 is 2.36 bits per heavy atom. The van der Waals surface area contributed by atoms with Crippen LogP contribution in [0.15, 0.2) is 0 Å². The van der Waals surface area contributed by atoms with E-state index in [2.05, 4.69) is 13.8 Å². The van der Waals surface area contributed by atoms with E-state index in [1.165, 1.54) is 0 Å². The van der Waals surface area contributed by atoms with Crippen molar-refractivity contribution >= 4 is 0 Å². The van der Waals surface area contributed by atoms with Crippen molar-refractivity contribution in [2.45, 2.75) is 52.2 Å². The SMILES string of the molecule is CCCOC(C)C(O)CCC. The average Bonchev–Trinajstić information content (AvgIpc) is 2.00. The normalized spacial score (nSPS) is 16.4. The third kappa shape index (κ3) is 5.22. The highest BCUT2D eigenvalue weighted by atomic mass is 16.5. The van der Waals surface area contributed by atoms with E-state index in [9.17, 15) is 5.11 Å². The van der Waals surface area contributed by atoms with Crippen LogP contribution in [0, 0.1) is 0 Å². The van der Waals surface area contributed by atoms with Gasteiger partial charge in [-0.1, -0.05) is 20.3 Å². The number of ether oxygens (including phenoxy) is 1. The molecular weight excluding hydrogens is 140 g/mol. The van der Waals surface area contributed by atoms with Crippen molar-refractivity contribution in [3.63, 3.8) is 0 Å². The predicted octanol–water partition coefficient (Wildman–Crippen LogP) is 1.96. The second kappa shape index (κ2) is 6.62. The first-order valence-corrected chi connectivity index (χ1v) is 4.52. The van der Waals surface area contributed by atoms with Crippen LogP contribution in [0.1, 0.15) is 40.0 Å². The molecule has 0 heterocycles. The molecule has 0 amide bonds. The molecule has 0 aliphatic heterocycles. The molecular formula is C9H20O2. The van der Waals surface area contributed by atoms with Crippen molar-refractivity contribution in [1.82, 2.24) is 0 Å². The van der Waals surface area contributed by atoms with Crippen LogP contribution in [0.4, 0.5) is 0 Å². The lowest BCUT2D eigenvalue weighted by Gasteiger charge is -2.18. The van der Waals surface area contributed by atoms with Gasteiger partial charge in [-0.25, -0.2) is 0 Å². The van der Waals surface area contributed by atoms with Crippen LogP contribution in [0.3, 0.4) is 0 Å². The topological polar surface area (TPSA) is 29.5 Å². The summed E-state index contributed by atoms with van der Waals surface area (Å²) in [6.45, 7) is 6.81. The molecule has 0 aliphatic carbocycles. The first-order valence-electron chi connectivity index (χ1n) is 4.52. The van der Waals surface area contributed by atoms with Crippen molar-refractivity contribution in [3.8, 4) is 0 Å². The zero-order valence-electron chi connectivity index (χ0n) is 7.84. The molecule has 11 heavy (non-hydrogen) atoms. The van der Waals surface area contributed by atoms with E-state index in [1.807, 2.05) is 6.92 Å². The van der Waals surface area contributed by atoms with Gasteiger partial charge in [0.05, 0.1) is 12.2 Å². The summed E-state index contributed by atoms with van der Waals surface area (Å²) < 4.78 is 5.36. The fourth-order valence-electron chi connectivity index (χ4n) is 0.945. The van der Waals surface area contributed by atoms with Gasteiger partial charge < -0.3 is 9.84 Å². The molecule has 0 bridgehead atoms. The largest absolute Gasteiger partial charge is 0.390 e. The fraction of sp³-hybridized carbons (Fsp3) is 1.00. The van der Waals surface area contributed by atoms with Gasteiger partial charge in [0.15, 0.2) is 0 Å². The lowest BCUT2D eigenvalue weighted by atomic mass is 10.1. The summed E-state index contributed by atoms with van der Waals surface area (Å²) in [5, 5.41) is 9.42. The Labute approximate surface area is 69.6 Å². The summed E-state index contributed by atoms with van der Waals surface area (Å²) in [4.78, 5) is 0. The minimum atomic E-state index is -0.286. The van der Waals surface area contributed by atoms with Crippen molar-refractivity contribution in [3.05, 3.63) is 0 Å². The molecule has 0 aromatic carbocycles. The van der Waals surface area contributed by atoms with Crippen LogP contribution >= 0.6 is 0 Å². The molecule has 0 saturated carbocycles. The van der Waals surface area contributed by atoms with Gasteiger partial charge in [-0.2, -0.15) is 0 Å². The Bertz CT molecular complexity index is 83.6. The molecule has 2 atom stereocenters. The molecule has 1 N–H and O–H groups in total. The van der Waals surface area contributed by atoms with Crippen molar-refractivity contribution in [1.29, 1.82) is 0 Å². The monoisotopic (exact) mass is 160 g/mol. The Kier molecular flexibility index (Phi) is 6.57. The highest BCUT2D eigenvalue weighted by Gasteiger charge is 2.12. The zero-order chi connectivity index (χ0) is 8.69. The van der Waals surface area contributed by atoms with Gasteiger partial charge in [-0.05, 0) is 19.8 Å². The summed E-state index contributed by atoms with van der Waals surface area (Å²) in [6, 6.07) is 0. The predicted molar refractivity (Wildman–Crippen MR) is 46.6 cm³/mol. The van der Waals surface area contributed by atoms with Gasteiger partial charge in [-0.15, -0.1) is 0 Å². The lowest BCUT2D eigenvalue weighted by molar-refractivity contribution is -0.0296. The van der Waals surface area contributed by atoms with Gasteiger partial charge in [0.1, 0.15) is 0 Å². The molecule has 2 heteroatoms. The highest BCUT2D eigenvalue weighted by Crippen LogP contribution is 2.05. The Hall–Kier alpha value is -0.0800. The third-order valence-electron chi connectivity index (χ3n) is 1.71. The van der Waals surface area contributed by atoms with Crippen LogP contribution in [0.5, 0.6) is 0 Å². The molecule has 0 aliphatic rings. The highest BCUT2D eigenvalue weighted by molar-refractivity contribution is 4.62. The molecule has 2 unspecified atom stereocenters. The first kappa shape index (κ1) is 10.9. The first-order chi connectivity index (χ1) is 5.22. The Morgan fingerprint density at radius 2 is 1.91 bits per heavy atom. The van der Waals surface area contributed by atoms with Crippen LogP contribution in [-0.2, 0) is 4.74 Å². The number of hydrogen-bond acceptors (Lipinski definition) is 2. The van der Waals surface area contributed by atoms with E-state index in [4.69, 9.17) is 4.74 Å². The molecule has 0 rings (SSSR count). The van der Waals surface area contributed by atoms with Gasteiger partial charge >= 0.3 is 0 Å². The third-order valence-corrected chi connectivity index (χ3v) is 1.71. The number of aliphatic hydroxyl groups excluding tert-OH is 1. The van der Waals surface area contributed by atoms with Gasteiger partial charge in [0, 0.05) is 6.61 Å². The van der Waals surface area contributed by atoms with Crippen molar-refractivity contribution in [2.24, 2.45) is 0 Å². The standard InChI is InChI=1S/C9H20O2/c1-4-6-9(10)8(3)11-7-5-2/h8-10H,4-7H2,1-3H3.